The Bertz CT molecular complexity index is 3270. The van der Waals surface area contributed by atoms with Crippen LogP contribution in [0.25, 0.3) is 67.2 Å². The van der Waals surface area contributed by atoms with Gasteiger partial charge in [0.2, 0.25) is 0 Å². The Hall–Kier alpha value is -8.15. The Balaban J connectivity index is 0.964. The molecule has 9 aromatic carbocycles. The van der Waals surface area contributed by atoms with Gasteiger partial charge in [0.05, 0.1) is 5.41 Å². The molecule has 0 bridgehead atoms. The van der Waals surface area contributed by atoms with Crippen LogP contribution in [-0.4, -0.2) is 15.0 Å². The fraction of sp³-hybridized carbons (Fsp3) is 0.0179. The van der Waals surface area contributed by atoms with Crippen molar-refractivity contribution in [2.75, 3.05) is 0 Å². The zero-order valence-corrected chi connectivity index (χ0v) is 32.9. The van der Waals surface area contributed by atoms with Crippen molar-refractivity contribution in [2.24, 2.45) is 0 Å². The van der Waals surface area contributed by atoms with Crippen LogP contribution in [0, 0.1) is 0 Å². The quantitative estimate of drug-likeness (QED) is 0.168. The molecule has 0 saturated heterocycles. The summed E-state index contributed by atoms with van der Waals surface area (Å²) in [5.74, 6) is 4.48. The number of ether oxygens (including phenoxy) is 2. The Labute approximate surface area is 353 Å². The van der Waals surface area contributed by atoms with Gasteiger partial charge in [-0.05, 0) is 80.0 Å². The van der Waals surface area contributed by atoms with Crippen LogP contribution in [0.4, 0.5) is 0 Å². The van der Waals surface area contributed by atoms with E-state index < -0.39 is 5.41 Å². The molecule has 0 radical (unpaired) electrons. The third kappa shape index (κ3) is 5.66. The van der Waals surface area contributed by atoms with Crippen molar-refractivity contribution in [1.29, 1.82) is 0 Å². The molecule has 61 heavy (non-hydrogen) atoms. The first kappa shape index (κ1) is 34.9. The molecular formula is C56H35N3O2. The van der Waals surface area contributed by atoms with Crippen LogP contribution in [0.2, 0.25) is 0 Å². The zero-order valence-electron chi connectivity index (χ0n) is 32.9. The minimum atomic E-state index is -0.543. The predicted octanol–water partition coefficient (Wildman–Crippen LogP) is 14.0. The lowest BCUT2D eigenvalue weighted by Crippen LogP contribution is -2.28. The second kappa shape index (κ2) is 14.0. The van der Waals surface area contributed by atoms with Gasteiger partial charge in [-0.25, -0.2) is 15.0 Å². The maximum Gasteiger partial charge on any atom is 0.177 e. The molecule has 286 valence electrons. The fourth-order valence-electron chi connectivity index (χ4n) is 9.27. The minimum Gasteiger partial charge on any atom is -0.449 e. The van der Waals surface area contributed by atoms with Gasteiger partial charge in [-0.2, -0.15) is 0 Å². The molecule has 5 heteroatoms. The molecule has 0 atom stereocenters. The van der Waals surface area contributed by atoms with Gasteiger partial charge in [-0.3, -0.25) is 0 Å². The highest BCUT2D eigenvalue weighted by Gasteiger charge is 2.47. The number of fused-ring (bicyclic) bond motifs is 6. The second-order valence-electron chi connectivity index (χ2n) is 15.5. The van der Waals surface area contributed by atoms with Gasteiger partial charge in [0.25, 0.3) is 0 Å². The first-order valence-corrected chi connectivity index (χ1v) is 20.5. The summed E-state index contributed by atoms with van der Waals surface area (Å²) in [4.78, 5) is 15.1. The maximum absolute atomic E-state index is 6.95. The summed E-state index contributed by atoms with van der Waals surface area (Å²) in [7, 11) is 0. The molecule has 5 nitrogen and oxygen atoms in total. The SMILES string of the molecule is c1ccc(-c2nc(-c3cccc(-c4cccc5c4Oc4cc6c(cc4O5)C(c4ccccc4)(c4ccccc4)c4ccccc4-6)c3)nc(-c3ccc4ccccc4c3)n2)cc1. The fourth-order valence-corrected chi connectivity index (χ4v) is 9.27. The van der Waals surface area contributed by atoms with Crippen LogP contribution in [0.1, 0.15) is 22.3 Å². The summed E-state index contributed by atoms with van der Waals surface area (Å²) in [6.45, 7) is 0. The Morgan fingerprint density at radius 1 is 0.311 bits per heavy atom. The molecule has 0 spiro atoms. The molecule has 0 N–H and O–H groups in total. The lowest BCUT2D eigenvalue weighted by Gasteiger charge is -2.34. The number of hydrogen-bond acceptors (Lipinski definition) is 5. The Kier molecular flexibility index (Phi) is 8.00. The average Bonchev–Trinajstić information content (AvgIpc) is 3.62. The van der Waals surface area contributed by atoms with Crippen LogP contribution in [-0.2, 0) is 5.41 Å². The largest absolute Gasteiger partial charge is 0.449 e. The second-order valence-corrected chi connectivity index (χ2v) is 15.5. The van der Waals surface area contributed by atoms with Gasteiger partial charge in [-0.15, -0.1) is 0 Å². The highest BCUT2D eigenvalue weighted by molar-refractivity contribution is 5.90. The van der Waals surface area contributed by atoms with Crippen molar-refractivity contribution in [2.45, 2.75) is 5.41 Å². The maximum atomic E-state index is 6.95. The van der Waals surface area contributed by atoms with Gasteiger partial charge in [0.1, 0.15) is 0 Å². The summed E-state index contributed by atoms with van der Waals surface area (Å²) >= 11 is 0. The van der Waals surface area contributed by atoms with Crippen LogP contribution in [0.5, 0.6) is 23.0 Å². The third-order valence-corrected chi connectivity index (χ3v) is 12.0. The molecule has 2 aliphatic rings. The summed E-state index contributed by atoms with van der Waals surface area (Å²) < 4.78 is 13.8. The molecule has 0 unspecified atom stereocenters. The first-order valence-electron chi connectivity index (χ1n) is 20.5. The Morgan fingerprint density at radius 3 is 1.62 bits per heavy atom. The molecule has 0 fully saturated rings. The molecule has 10 aromatic rings. The number of aromatic nitrogens is 3. The number of hydrogen-bond donors (Lipinski definition) is 0. The number of benzene rings is 9. The van der Waals surface area contributed by atoms with Crippen LogP contribution in [0.15, 0.2) is 212 Å². The van der Waals surface area contributed by atoms with E-state index in [0.29, 0.717) is 40.5 Å². The third-order valence-electron chi connectivity index (χ3n) is 12.0. The van der Waals surface area contributed by atoms with Crippen molar-refractivity contribution in [3.05, 3.63) is 235 Å². The van der Waals surface area contributed by atoms with Crippen LogP contribution in [0.3, 0.4) is 0 Å². The summed E-state index contributed by atoms with van der Waals surface area (Å²) in [6, 6.07) is 73.8. The normalized spacial score (nSPS) is 13.0. The van der Waals surface area contributed by atoms with E-state index >= 15 is 0 Å². The molecular weight excluding hydrogens is 747 g/mol. The van der Waals surface area contributed by atoms with Gasteiger partial charge in [0, 0.05) is 22.3 Å². The highest BCUT2D eigenvalue weighted by atomic mass is 16.6. The van der Waals surface area contributed by atoms with E-state index in [1.165, 1.54) is 27.6 Å². The molecule has 2 heterocycles. The van der Waals surface area contributed by atoms with Gasteiger partial charge < -0.3 is 9.47 Å². The Morgan fingerprint density at radius 2 is 0.869 bits per heavy atom. The standard InChI is InChI=1S/C56H35N3O2/c1-4-17-37(18-5-1)53-57-54(59-55(58-53)41-31-30-36-16-10-11-19-38(36)32-41)40-21-14-20-39(33-40)44-27-15-29-49-52(44)61-50-34-46-45-26-12-13-28-47(45)56(42-22-6-2-7-23-42,43-24-8-3-9-25-43)48(46)35-51(50)60-49/h1-35H. The van der Waals surface area contributed by atoms with Gasteiger partial charge in [0.15, 0.2) is 40.5 Å². The van der Waals surface area contributed by atoms with Crippen molar-refractivity contribution in [3.63, 3.8) is 0 Å². The van der Waals surface area contributed by atoms with E-state index in [1.807, 2.05) is 54.6 Å². The van der Waals surface area contributed by atoms with E-state index in [9.17, 15) is 0 Å². The van der Waals surface area contributed by atoms with Crippen molar-refractivity contribution in [3.8, 4) is 79.4 Å². The molecule has 0 saturated carbocycles. The van der Waals surface area contributed by atoms with E-state index in [4.69, 9.17) is 24.4 Å². The van der Waals surface area contributed by atoms with E-state index in [0.717, 1.165) is 44.3 Å². The van der Waals surface area contributed by atoms with Crippen molar-refractivity contribution in [1.82, 2.24) is 15.0 Å². The molecule has 1 aliphatic carbocycles. The molecule has 12 rings (SSSR count). The number of para-hydroxylation sites is 1. The lowest BCUT2D eigenvalue weighted by molar-refractivity contribution is 0.360. The lowest BCUT2D eigenvalue weighted by atomic mass is 9.67. The molecule has 0 amide bonds. The van der Waals surface area contributed by atoms with E-state index in [1.54, 1.807) is 0 Å². The highest BCUT2D eigenvalue weighted by Crippen LogP contribution is 2.60. The topological polar surface area (TPSA) is 57.1 Å². The van der Waals surface area contributed by atoms with Gasteiger partial charge in [-0.1, -0.05) is 182 Å². The zero-order chi connectivity index (χ0) is 40.3. The minimum absolute atomic E-state index is 0.543. The predicted molar refractivity (Wildman–Crippen MR) is 243 cm³/mol. The molecule has 1 aromatic heterocycles. The molecule has 1 aliphatic heterocycles. The van der Waals surface area contributed by atoms with E-state index in [2.05, 4.69) is 158 Å². The van der Waals surface area contributed by atoms with Crippen molar-refractivity contribution < 1.29 is 9.47 Å². The monoisotopic (exact) mass is 781 g/mol. The number of nitrogens with zero attached hydrogens (tertiary/aromatic N) is 3. The van der Waals surface area contributed by atoms with Gasteiger partial charge >= 0.3 is 0 Å². The van der Waals surface area contributed by atoms with E-state index in [-0.39, 0.29) is 0 Å². The van der Waals surface area contributed by atoms with Crippen LogP contribution < -0.4 is 9.47 Å². The average molecular weight is 782 g/mol. The summed E-state index contributed by atoms with van der Waals surface area (Å²) in [6.07, 6.45) is 0. The van der Waals surface area contributed by atoms with Crippen LogP contribution >= 0.6 is 0 Å². The van der Waals surface area contributed by atoms with Crippen molar-refractivity contribution >= 4 is 10.8 Å². The summed E-state index contributed by atoms with van der Waals surface area (Å²) in [5.41, 5.74) is 11.1. The summed E-state index contributed by atoms with van der Waals surface area (Å²) in [5, 5.41) is 2.29. The first-order chi connectivity index (χ1) is 30.2. The smallest absolute Gasteiger partial charge is 0.177 e. The number of rotatable bonds is 6.